The van der Waals surface area contributed by atoms with Gasteiger partial charge in [0.25, 0.3) is 0 Å². The van der Waals surface area contributed by atoms with Gasteiger partial charge in [-0.2, -0.15) is 0 Å². The van der Waals surface area contributed by atoms with Crippen LogP contribution in [0.15, 0.2) is 18.3 Å². The van der Waals surface area contributed by atoms with Gasteiger partial charge < -0.3 is 10.5 Å². The van der Waals surface area contributed by atoms with Gasteiger partial charge in [-0.05, 0) is 32.0 Å². The number of hydrogen-bond donors (Lipinski definition) is 1. The molecule has 0 amide bonds. The van der Waals surface area contributed by atoms with Gasteiger partial charge in [0.15, 0.2) is 0 Å². The van der Waals surface area contributed by atoms with Crippen molar-refractivity contribution in [2.24, 2.45) is 0 Å². The summed E-state index contributed by atoms with van der Waals surface area (Å²) in [5.41, 5.74) is 7.55. The summed E-state index contributed by atoms with van der Waals surface area (Å²) < 4.78 is 5.36. The highest BCUT2D eigenvalue weighted by molar-refractivity contribution is 5.37. The number of aromatic nitrogens is 1. The molecule has 1 aliphatic rings. The van der Waals surface area contributed by atoms with E-state index in [1.807, 2.05) is 12.1 Å². The monoisotopic (exact) mass is 221 g/mol. The van der Waals surface area contributed by atoms with E-state index in [0.717, 1.165) is 44.0 Å². The average Bonchev–Trinajstić information content (AvgIpc) is 2.30. The van der Waals surface area contributed by atoms with Crippen LogP contribution in [-0.4, -0.2) is 36.2 Å². The molecule has 1 saturated heterocycles. The Kier molecular flexibility index (Phi) is 3.74. The molecule has 1 aromatic heterocycles. The highest BCUT2D eigenvalue weighted by Gasteiger charge is 2.18. The van der Waals surface area contributed by atoms with Gasteiger partial charge in [0, 0.05) is 37.7 Å². The van der Waals surface area contributed by atoms with Crippen LogP contribution >= 0.6 is 0 Å². The highest BCUT2D eigenvalue weighted by Crippen LogP contribution is 2.15. The minimum Gasteiger partial charge on any atom is -0.399 e. The quantitative estimate of drug-likeness (QED) is 0.835. The summed E-state index contributed by atoms with van der Waals surface area (Å²) in [7, 11) is 2.14. The topological polar surface area (TPSA) is 51.4 Å². The summed E-state index contributed by atoms with van der Waals surface area (Å²) in [6.07, 6.45) is 3.99. The third-order valence-electron chi connectivity index (χ3n) is 3.07. The molecule has 0 atom stereocenters. The smallest absolute Gasteiger partial charge is 0.0564 e. The predicted octanol–water partition coefficient (Wildman–Crippen LogP) is 1.27. The summed E-state index contributed by atoms with van der Waals surface area (Å²) in [4.78, 5) is 6.66. The van der Waals surface area contributed by atoms with E-state index in [1.54, 1.807) is 6.20 Å². The third kappa shape index (κ3) is 2.93. The lowest BCUT2D eigenvalue weighted by Gasteiger charge is -2.30. The minimum absolute atomic E-state index is 0.608. The van der Waals surface area contributed by atoms with Crippen molar-refractivity contribution in [2.75, 3.05) is 26.0 Å². The number of hydrogen-bond acceptors (Lipinski definition) is 4. The fourth-order valence-corrected chi connectivity index (χ4v) is 2.09. The Morgan fingerprint density at radius 3 is 2.94 bits per heavy atom. The van der Waals surface area contributed by atoms with Crippen LogP contribution in [0.25, 0.3) is 0 Å². The number of anilines is 1. The molecule has 0 saturated carbocycles. The van der Waals surface area contributed by atoms with Gasteiger partial charge in [-0.15, -0.1) is 0 Å². The van der Waals surface area contributed by atoms with Crippen molar-refractivity contribution in [1.29, 1.82) is 0 Å². The van der Waals surface area contributed by atoms with Crippen LogP contribution in [0.2, 0.25) is 0 Å². The first-order valence-electron chi connectivity index (χ1n) is 5.74. The third-order valence-corrected chi connectivity index (χ3v) is 3.07. The Labute approximate surface area is 96.4 Å². The predicted molar refractivity (Wildman–Crippen MR) is 64.0 cm³/mol. The van der Waals surface area contributed by atoms with Gasteiger partial charge in [0.2, 0.25) is 0 Å². The lowest BCUT2D eigenvalue weighted by Crippen LogP contribution is -2.36. The van der Waals surface area contributed by atoms with Gasteiger partial charge in [0.05, 0.1) is 5.69 Å². The second-order valence-corrected chi connectivity index (χ2v) is 4.34. The molecule has 1 fully saturated rings. The molecule has 4 nitrogen and oxygen atoms in total. The van der Waals surface area contributed by atoms with E-state index in [1.165, 1.54) is 0 Å². The van der Waals surface area contributed by atoms with Crippen molar-refractivity contribution < 1.29 is 4.74 Å². The Hall–Kier alpha value is -1.13. The molecule has 0 radical (unpaired) electrons. The first-order valence-corrected chi connectivity index (χ1v) is 5.74. The number of nitrogens with two attached hydrogens (primary N) is 1. The van der Waals surface area contributed by atoms with Crippen LogP contribution < -0.4 is 5.73 Å². The first kappa shape index (κ1) is 11.4. The number of pyridine rings is 1. The molecule has 2 rings (SSSR count). The van der Waals surface area contributed by atoms with Crippen molar-refractivity contribution >= 4 is 5.69 Å². The molecule has 4 heteroatoms. The van der Waals surface area contributed by atoms with Gasteiger partial charge in [-0.3, -0.25) is 9.88 Å². The second-order valence-electron chi connectivity index (χ2n) is 4.34. The lowest BCUT2D eigenvalue weighted by molar-refractivity contribution is 0.0403. The molecule has 1 aromatic rings. The fourth-order valence-electron chi connectivity index (χ4n) is 2.09. The van der Waals surface area contributed by atoms with E-state index in [0.29, 0.717) is 6.04 Å². The largest absolute Gasteiger partial charge is 0.399 e. The molecule has 0 unspecified atom stereocenters. The summed E-state index contributed by atoms with van der Waals surface area (Å²) in [5, 5.41) is 0. The van der Waals surface area contributed by atoms with Crippen molar-refractivity contribution in [2.45, 2.75) is 25.4 Å². The summed E-state index contributed by atoms with van der Waals surface area (Å²) in [5.74, 6) is 0. The van der Waals surface area contributed by atoms with Crippen molar-refractivity contribution in [1.82, 2.24) is 9.88 Å². The number of ether oxygens (including phenoxy) is 1. The summed E-state index contributed by atoms with van der Waals surface area (Å²) in [6.45, 7) is 2.61. The van der Waals surface area contributed by atoms with E-state index in [2.05, 4.69) is 16.9 Å². The molecule has 0 aliphatic carbocycles. The van der Waals surface area contributed by atoms with Gasteiger partial charge in [-0.25, -0.2) is 0 Å². The normalized spacial score (nSPS) is 17.9. The molecule has 0 bridgehead atoms. The van der Waals surface area contributed by atoms with Crippen molar-refractivity contribution in [3.8, 4) is 0 Å². The average molecular weight is 221 g/mol. The van der Waals surface area contributed by atoms with Crippen LogP contribution in [0.3, 0.4) is 0 Å². The Bertz CT molecular complexity index is 337. The molecule has 2 heterocycles. The number of nitrogens with zero attached hydrogens (tertiary/aromatic N) is 2. The SMILES string of the molecule is CN(Cc1cc(N)ccn1)C1CCOCC1. The van der Waals surface area contributed by atoms with Crippen molar-refractivity contribution in [3.05, 3.63) is 24.0 Å². The van der Waals surface area contributed by atoms with Crippen LogP contribution in [0.4, 0.5) is 5.69 Å². The van der Waals surface area contributed by atoms with Gasteiger partial charge >= 0.3 is 0 Å². The summed E-state index contributed by atoms with van der Waals surface area (Å²) in [6, 6.07) is 4.37. The lowest BCUT2D eigenvalue weighted by atomic mass is 10.1. The van der Waals surface area contributed by atoms with Crippen LogP contribution in [-0.2, 0) is 11.3 Å². The molecule has 2 N–H and O–H groups in total. The van der Waals surface area contributed by atoms with Crippen LogP contribution in [0, 0.1) is 0 Å². The standard InChI is InChI=1S/C12H19N3O/c1-15(12-3-6-16-7-4-12)9-11-8-10(13)2-5-14-11/h2,5,8,12H,3-4,6-7,9H2,1H3,(H2,13,14). The molecular weight excluding hydrogens is 202 g/mol. The molecule has 0 aromatic carbocycles. The maximum Gasteiger partial charge on any atom is 0.0564 e. The van der Waals surface area contributed by atoms with E-state index in [9.17, 15) is 0 Å². The first-order chi connectivity index (χ1) is 7.75. The van der Waals surface area contributed by atoms with Crippen LogP contribution in [0.1, 0.15) is 18.5 Å². The highest BCUT2D eigenvalue weighted by atomic mass is 16.5. The fraction of sp³-hybridized carbons (Fsp3) is 0.583. The Morgan fingerprint density at radius 2 is 2.25 bits per heavy atom. The van der Waals surface area contributed by atoms with Gasteiger partial charge in [-0.1, -0.05) is 0 Å². The molecule has 0 spiro atoms. The Balaban J connectivity index is 1.93. The molecule has 16 heavy (non-hydrogen) atoms. The van der Waals surface area contributed by atoms with Crippen LogP contribution in [0.5, 0.6) is 0 Å². The van der Waals surface area contributed by atoms with Gasteiger partial charge in [0.1, 0.15) is 0 Å². The Morgan fingerprint density at radius 1 is 1.50 bits per heavy atom. The van der Waals surface area contributed by atoms with E-state index in [-0.39, 0.29) is 0 Å². The number of rotatable bonds is 3. The van der Waals surface area contributed by atoms with Crippen molar-refractivity contribution in [3.63, 3.8) is 0 Å². The molecule has 88 valence electrons. The molecule has 1 aliphatic heterocycles. The second kappa shape index (κ2) is 5.27. The van der Waals surface area contributed by atoms with E-state index < -0.39 is 0 Å². The zero-order valence-corrected chi connectivity index (χ0v) is 9.72. The van der Waals surface area contributed by atoms with E-state index >= 15 is 0 Å². The maximum atomic E-state index is 5.73. The minimum atomic E-state index is 0.608. The zero-order chi connectivity index (χ0) is 11.4. The zero-order valence-electron chi connectivity index (χ0n) is 9.72. The molecular formula is C12H19N3O. The maximum absolute atomic E-state index is 5.73. The van der Waals surface area contributed by atoms with E-state index in [4.69, 9.17) is 10.5 Å². The summed E-state index contributed by atoms with van der Waals surface area (Å²) >= 11 is 0. The number of nitrogen functional groups attached to an aromatic ring is 1.